The van der Waals surface area contributed by atoms with Crippen LogP contribution in [0.4, 0.5) is 0 Å². The Morgan fingerprint density at radius 3 is 3.13 bits per heavy atom. The van der Waals surface area contributed by atoms with Gasteiger partial charge < -0.3 is 9.88 Å². The third kappa shape index (κ3) is 1.42. The molecule has 4 heteroatoms. The van der Waals surface area contributed by atoms with E-state index in [0.717, 1.165) is 36.8 Å². The average molecular weight is 225 g/mol. The minimum Gasteiger partial charge on any atom is -0.316 e. The summed E-state index contributed by atoms with van der Waals surface area (Å²) in [7, 11) is 0. The summed E-state index contributed by atoms with van der Waals surface area (Å²) in [6, 6.07) is 3.30. The highest BCUT2D eigenvalue weighted by molar-refractivity contribution is 6.31. The van der Waals surface area contributed by atoms with E-state index in [4.69, 9.17) is 11.6 Å². The van der Waals surface area contributed by atoms with Crippen LogP contribution in [-0.4, -0.2) is 17.7 Å². The topological polar surface area (TPSA) is 34.0 Å². The van der Waals surface area contributed by atoms with Gasteiger partial charge in [0.05, 0.1) is 5.02 Å². The molecule has 1 saturated heterocycles. The van der Waals surface area contributed by atoms with E-state index in [1.165, 1.54) is 0 Å². The van der Waals surface area contributed by atoms with Crippen LogP contribution in [0.25, 0.3) is 0 Å². The molecule has 0 radical (unpaired) electrons. The van der Waals surface area contributed by atoms with Gasteiger partial charge in [0.2, 0.25) is 0 Å². The van der Waals surface area contributed by atoms with Gasteiger partial charge in [0.25, 0.3) is 5.56 Å². The molecule has 2 aliphatic rings. The van der Waals surface area contributed by atoms with E-state index in [1.54, 1.807) is 12.1 Å². The maximum atomic E-state index is 11.7. The standard InChI is InChI=1S/C11H13ClN2O/c12-9-1-2-10(15)14-6-7-3-8(11(9)14)5-13-4-7/h1-2,7-8,13H,3-6H2/t7-,8+/m0/s1. The first-order valence-corrected chi connectivity index (χ1v) is 5.73. The lowest BCUT2D eigenvalue weighted by atomic mass is 9.84. The van der Waals surface area contributed by atoms with Crippen LogP contribution in [0.15, 0.2) is 16.9 Å². The SMILES string of the molecule is O=c1ccc(Cl)c2n1C[C@@H]1CNC[C@H]2C1. The highest BCUT2D eigenvalue weighted by Gasteiger charge is 2.32. The molecule has 1 fully saturated rings. The average Bonchev–Trinajstić information content (AvgIpc) is 2.24. The van der Waals surface area contributed by atoms with Crippen molar-refractivity contribution in [3.8, 4) is 0 Å². The first-order valence-electron chi connectivity index (χ1n) is 5.35. The summed E-state index contributed by atoms with van der Waals surface area (Å²) < 4.78 is 1.86. The highest BCUT2D eigenvalue weighted by atomic mass is 35.5. The minimum absolute atomic E-state index is 0.0889. The highest BCUT2D eigenvalue weighted by Crippen LogP contribution is 2.35. The lowest BCUT2D eigenvalue weighted by Gasteiger charge is -2.37. The Hall–Kier alpha value is -0.800. The summed E-state index contributed by atoms with van der Waals surface area (Å²) >= 11 is 6.17. The van der Waals surface area contributed by atoms with Gasteiger partial charge in [-0.2, -0.15) is 0 Å². The summed E-state index contributed by atoms with van der Waals surface area (Å²) in [6.45, 7) is 2.78. The number of pyridine rings is 1. The number of hydrogen-bond donors (Lipinski definition) is 1. The fourth-order valence-corrected chi connectivity index (χ4v) is 3.13. The molecule has 2 aliphatic heterocycles. The Balaban J connectivity index is 2.20. The zero-order valence-corrected chi connectivity index (χ0v) is 9.13. The van der Waals surface area contributed by atoms with E-state index in [9.17, 15) is 4.79 Å². The molecule has 0 saturated carbocycles. The molecule has 1 aromatic heterocycles. The number of fused-ring (bicyclic) bond motifs is 4. The van der Waals surface area contributed by atoms with Gasteiger partial charge in [-0.05, 0) is 24.9 Å². The van der Waals surface area contributed by atoms with Crippen LogP contribution in [0, 0.1) is 5.92 Å². The fourth-order valence-electron chi connectivity index (χ4n) is 2.81. The molecular weight excluding hydrogens is 212 g/mol. The number of aromatic nitrogens is 1. The number of halogens is 1. The van der Waals surface area contributed by atoms with Crippen LogP contribution in [0.3, 0.4) is 0 Å². The molecule has 0 aromatic carbocycles. The summed E-state index contributed by atoms with van der Waals surface area (Å²) in [5.41, 5.74) is 1.12. The Morgan fingerprint density at radius 2 is 2.27 bits per heavy atom. The molecule has 1 aromatic rings. The monoisotopic (exact) mass is 224 g/mol. The predicted molar refractivity (Wildman–Crippen MR) is 59.4 cm³/mol. The van der Waals surface area contributed by atoms with Gasteiger partial charge in [0.1, 0.15) is 0 Å². The zero-order chi connectivity index (χ0) is 10.4. The molecule has 0 amide bonds. The number of piperidine rings is 1. The van der Waals surface area contributed by atoms with Gasteiger partial charge in [-0.25, -0.2) is 0 Å². The Bertz CT molecular complexity index is 454. The van der Waals surface area contributed by atoms with E-state index in [-0.39, 0.29) is 5.56 Å². The van der Waals surface area contributed by atoms with Crippen molar-refractivity contribution < 1.29 is 0 Å². The van der Waals surface area contributed by atoms with Gasteiger partial charge in [0, 0.05) is 30.8 Å². The Labute approximate surface area is 93.1 Å². The van der Waals surface area contributed by atoms with Crippen molar-refractivity contribution in [3.05, 3.63) is 33.2 Å². The van der Waals surface area contributed by atoms with Crippen molar-refractivity contribution in [3.63, 3.8) is 0 Å². The summed E-state index contributed by atoms with van der Waals surface area (Å²) in [5, 5.41) is 4.14. The number of nitrogens with one attached hydrogen (secondary N) is 1. The second-order valence-electron chi connectivity index (χ2n) is 4.47. The van der Waals surface area contributed by atoms with Crippen LogP contribution in [0.2, 0.25) is 5.02 Å². The van der Waals surface area contributed by atoms with Crippen molar-refractivity contribution >= 4 is 11.6 Å². The number of hydrogen-bond acceptors (Lipinski definition) is 2. The molecule has 3 rings (SSSR count). The van der Waals surface area contributed by atoms with Crippen molar-refractivity contribution in [1.82, 2.24) is 9.88 Å². The third-order valence-electron chi connectivity index (χ3n) is 3.44. The number of rotatable bonds is 0. The van der Waals surface area contributed by atoms with Crippen LogP contribution in [-0.2, 0) is 6.54 Å². The van der Waals surface area contributed by atoms with E-state index in [2.05, 4.69) is 5.32 Å². The molecule has 3 nitrogen and oxygen atoms in total. The maximum absolute atomic E-state index is 11.7. The van der Waals surface area contributed by atoms with Crippen molar-refractivity contribution in [2.24, 2.45) is 5.92 Å². The van der Waals surface area contributed by atoms with Gasteiger partial charge in [-0.3, -0.25) is 4.79 Å². The van der Waals surface area contributed by atoms with E-state index in [1.807, 2.05) is 4.57 Å². The molecule has 2 bridgehead atoms. The van der Waals surface area contributed by atoms with E-state index >= 15 is 0 Å². The van der Waals surface area contributed by atoms with Crippen LogP contribution in [0.1, 0.15) is 18.0 Å². The zero-order valence-electron chi connectivity index (χ0n) is 8.37. The second kappa shape index (κ2) is 3.35. The second-order valence-corrected chi connectivity index (χ2v) is 4.88. The lowest BCUT2D eigenvalue weighted by molar-refractivity contribution is 0.257. The van der Waals surface area contributed by atoms with Gasteiger partial charge >= 0.3 is 0 Å². The van der Waals surface area contributed by atoms with Crippen LogP contribution < -0.4 is 10.9 Å². The summed E-state index contributed by atoms with van der Waals surface area (Å²) in [6.07, 6.45) is 1.16. The molecule has 2 atom stereocenters. The minimum atomic E-state index is 0.0889. The van der Waals surface area contributed by atoms with Crippen molar-refractivity contribution in [2.45, 2.75) is 18.9 Å². The Morgan fingerprint density at radius 1 is 1.40 bits per heavy atom. The molecule has 15 heavy (non-hydrogen) atoms. The van der Waals surface area contributed by atoms with Gasteiger partial charge in [-0.1, -0.05) is 11.6 Å². The van der Waals surface area contributed by atoms with E-state index < -0.39 is 0 Å². The molecular formula is C11H13ClN2O. The normalized spacial score (nSPS) is 28.6. The first kappa shape index (κ1) is 9.43. The smallest absolute Gasteiger partial charge is 0.250 e. The molecule has 0 spiro atoms. The summed E-state index contributed by atoms with van der Waals surface area (Å²) in [5.74, 6) is 1.01. The molecule has 3 heterocycles. The summed E-state index contributed by atoms with van der Waals surface area (Å²) in [4.78, 5) is 11.7. The Kier molecular flexibility index (Phi) is 2.11. The maximum Gasteiger partial charge on any atom is 0.250 e. The van der Waals surface area contributed by atoms with Crippen LogP contribution in [0.5, 0.6) is 0 Å². The van der Waals surface area contributed by atoms with Crippen LogP contribution >= 0.6 is 11.6 Å². The largest absolute Gasteiger partial charge is 0.316 e. The molecule has 80 valence electrons. The molecule has 1 N–H and O–H groups in total. The van der Waals surface area contributed by atoms with Crippen molar-refractivity contribution in [1.29, 1.82) is 0 Å². The lowest BCUT2D eigenvalue weighted by Crippen LogP contribution is -2.44. The molecule has 0 aliphatic carbocycles. The van der Waals surface area contributed by atoms with Gasteiger partial charge in [0.15, 0.2) is 0 Å². The van der Waals surface area contributed by atoms with Gasteiger partial charge in [-0.15, -0.1) is 0 Å². The quantitative estimate of drug-likeness (QED) is 0.719. The number of nitrogens with zero attached hydrogens (tertiary/aromatic N) is 1. The predicted octanol–water partition coefficient (Wildman–Crippen LogP) is 1.21. The third-order valence-corrected chi connectivity index (χ3v) is 3.76. The van der Waals surface area contributed by atoms with E-state index in [0.29, 0.717) is 11.8 Å². The first-order chi connectivity index (χ1) is 7.25. The van der Waals surface area contributed by atoms with Crippen molar-refractivity contribution in [2.75, 3.05) is 13.1 Å². The molecule has 0 unspecified atom stereocenters. The fraction of sp³-hybridized carbons (Fsp3) is 0.545.